The Morgan fingerprint density at radius 2 is 2.05 bits per heavy atom. The lowest BCUT2D eigenvalue weighted by Gasteiger charge is -2.15. The van der Waals surface area contributed by atoms with E-state index in [-0.39, 0.29) is 11.7 Å². The lowest BCUT2D eigenvalue weighted by Crippen LogP contribution is -2.27. The molecule has 21 heavy (non-hydrogen) atoms. The number of nitrogens with zero attached hydrogens (tertiary/aromatic N) is 2. The highest BCUT2D eigenvalue weighted by molar-refractivity contribution is 8.00. The summed E-state index contributed by atoms with van der Waals surface area (Å²) < 4.78 is 14.2. The molecule has 1 aromatic heterocycles. The summed E-state index contributed by atoms with van der Waals surface area (Å²) in [5.74, 6) is 0.147. The number of halogens is 1. The van der Waals surface area contributed by atoms with Crippen molar-refractivity contribution in [1.29, 1.82) is 0 Å². The van der Waals surface area contributed by atoms with Crippen LogP contribution in [0.3, 0.4) is 0 Å². The number of thioether (sulfide) groups is 1. The Morgan fingerprint density at radius 3 is 2.71 bits per heavy atom. The molecular formula is C14H16FN3OS2. The zero-order valence-electron chi connectivity index (χ0n) is 12.0. The number of carbonyl (C=O) groups is 1. The van der Waals surface area contributed by atoms with Gasteiger partial charge in [-0.25, -0.2) is 4.39 Å². The van der Waals surface area contributed by atoms with E-state index in [1.807, 2.05) is 20.8 Å². The zero-order valence-corrected chi connectivity index (χ0v) is 13.6. The van der Waals surface area contributed by atoms with Crippen LogP contribution in [0.2, 0.25) is 0 Å². The molecule has 7 heteroatoms. The molecule has 2 rings (SSSR count). The molecule has 0 saturated carbocycles. The van der Waals surface area contributed by atoms with Crippen LogP contribution in [0.15, 0.2) is 28.6 Å². The minimum Gasteiger partial charge on any atom is -0.300 e. The molecule has 1 amide bonds. The molecule has 1 N–H and O–H groups in total. The largest absolute Gasteiger partial charge is 0.300 e. The third-order valence-corrected chi connectivity index (χ3v) is 4.64. The topological polar surface area (TPSA) is 54.9 Å². The summed E-state index contributed by atoms with van der Waals surface area (Å²) in [6.45, 7) is 5.49. The van der Waals surface area contributed by atoms with Crippen molar-refractivity contribution < 1.29 is 9.18 Å². The van der Waals surface area contributed by atoms with E-state index in [1.54, 1.807) is 18.2 Å². The summed E-state index contributed by atoms with van der Waals surface area (Å²) >= 11 is 2.69. The number of rotatable bonds is 4. The number of hydrogen-bond acceptors (Lipinski definition) is 5. The first kappa shape index (κ1) is 15.9. The molecule has 0 atom stereocenters. The maximum Gasteiger partial charge on any atom is 0.231 e. The van der Waals surface area contributed by atoms with Gasteiger partial charge in [0.05, 0.1) is 0 Å². The minimum atomic E-state index is -0.480. The lowest BCUT2D eigenvalue weighted by molar-refractivity contribution is -0.123. The monoisotopic (exact) mass is 325 g/mol. The maximum atomic E-state index is 13.5. The molecule has 0 fully saturated rings. The van der Waals surface area contributed by atoms with Gasteiger partial charge >= 0.3 is 0 Å². The van der Waals surface area contributed by atoms with Gasteiger partial charge in [-0.3, -0.25) is 4.79 Å². The van der Waals surface area contributed by atoms with Gasteiger partial charge in [-0.1, -0.05) is 62.1 Å². The fourth-order valence-corrected chi connectivity index (χ4v) is 3.09. The molecule has 0 aliphatic heterocycles. The van der Waals surface area contributed by atoms with Crippen molar-refractivity contribution in [3.63, 3.8) is 0 Å². The second kappa shape index (κ2) is 6.53. The van der Waals surface area contributed by atoms with Crippen molar-refractivity contribution in [2.75, 3.05) is 5.32 Å². The predicted octanol–water partition coefficient (Wildman–Crippen LogP) is 3.95. The molecule has 0 bridgehead atoms. The van der Waals surface area contributed by atoms with Crippen LogP contribution >= 0.6 is 23.1 Å². The van der Waals surface area contributed by atoms with E-state index in [4.69, 9.17) is 0 Å². The highest BCUT2D eigenvalue weighted by atomic mass is 32.2. The molecule has 2 aromatic rings. The average molecular weight is 325 g/mol. The van der Waals surface area contributed by atoms with Crippen LogP contribution in [-0.4, -0.2) is 16.1 Å². The maximum absolute atomic E-state index is 13.5. The van der Waals surface area contributed by atoms with E-state index in [0.29, 0.717) is 20.8 Å². The number of benzene rings is 1. The summed E-state index contributed by atoms with van der Waals surface area (Å²) in [6.07, 6.45) is 0. The standard InChI is InChI=1S/C14H16FN3OS2/c1-14(2,3)11(19)16-12-17-18-13(21-12)20-8-9-6-4-5-7-10(9)15/h4-7H,8H2,1-3H3,(H,16,17,19). The van der Waals surface area contributed by atoms with Gasteiger partial charge in [0, 0.05) is 11.2 Å². The second-order valence-electron chi connectivity index (χ2n) is 5.46. The molecular weight excluding hydrogens is 309 g/mol. The summed E-state index contributed by atoms with van der Waals surface area (Å²) in [6, 6.07) is 6.64. The number of hydrogen-bond donors (Lipinski definition) is 1. The smallest absolute Gasteiger partial charge is 0.231 e. The molecule has 0 aliphatic carbocycles. The van der Waals surface area contributed by atoms with Crippen LogP contribution in [0.5, 0.6) is 0 Å². The van der Waals surface area contributed by atoms with Gasteiger partial charge in [-0.15, -0.1) is 10.2 Å². The molecule has 0 saturated heterocycles. The molecule has 0 unspecified atom stereocenters. The SMILES string of the molecule is CC(C)(C)C(=O)Nc1nnc(SCc2ccccc2F)s1. The van der Waals surface area contributed by atoms with Gasteiger partial charge in [0.1, 0.15) is 5.82 Å². The molecule has 112 valence electrons. The third kappa shape index (κ3) is 4.50. The van der Waals surface area contributed by atoms with Gasteiger partial charge in [0.15, 0.2) is 4.34 Å². The molecule has 0 radical (unpaired) electrons. The molecule has 1 aromatic carbocycles. The normalized spacial score (nSPS) is 11.4. The first-order chi connectivity index (χ1) is 9.86. The Hall–Kier alpha value is -1.47. The lowest BCUT2D eigenvalue weighted by atomic mass is 9.96. The summed E-state index contributed by atoms with van der Waals surface area (Å²) in [7, 11) is 0. The van der Waals surface area contributed by atoms with Crippen LogP contribution in [0.25, 0.3) is 0 Å². The van der Waals surface area contributed by atoms with Crippen LogP contribution in [0.4, 0.5) is 9.52 Å². The van der Waals surface area contributed by atoms with Crippen molar-refractivity contribution in [3.8, 4) is 0 Å². The predicted molar refractivity (Wildman–Crippen MR) is 84.0 cm³/mol. The van der Waals surface area contributed by atoms with Crippen molar-refractivity contribution in [1.82, 2.24) is 10.2 Å². The number of nitrogens with one attached hydrogen (secondary N) is 1. The van der Waals surface area contributed by atoms with E-state index >= 15 is 0 Å². The number of anilines is 1. The Morgan fingerprint density at radius 1 is 1.33 bits per heavy atom. The summed E-state index contributed by atoms with van der Waals surface area (Å²) in [5, 5.41) is 11.1. The Kier molecular flexibility index (Phi) is 4.95. The third-order valence-electron chi connectivity index (χ3n) is 2.62. The fourth-order valence-electron chi connectivity index (χ4n) is 1.36. The van der Waals surface area contributed by atoms with Crippen molar-refractivity contribution in [3.05, 3.63) is 35.6 Å². The van der Waals surface area contributed by atoms with E-state index in [0.717, 1.165) is 0 Å². The van der Waals surface area contributed by atoms with E-state index in [2.05, 4.69) is 15.5 Å². The second-order valence-corrected chi connectivity index (χ2v) is 7.66. The summed E-state index contributed by atoms with van der Waals surface area (Å²) in [4.78, 5) is 11.8. The van der Waals surface area contributed by atoms with Crippen LogP contribution in [0.1, 0.15) is 26.3 Å². The van der Waals surface area contributed by atoms with E-state index < -0.39 is 5.41 Å². The number of aromatic nitrogens is 2. The molecule has 4 nitrogen and oxygen atoms in total. The van der Waals surface area contributed by atoms with Crippen molar-refractivity contribution >= 4 is 34.1 Å². The first-order valence-corrected chi connectivity index (χ1v) is 8.17. The average Bonchev–Trinajstić information content (AvgIpc) is 2.84. The van der Waals surface area contributed by atoms with E-state index in [1.165, 1.54) is 29.2 Å². The fraction of sp³-hybridized carbons (Fsp3) is 0.357. The quantitative estimate of drug-likeness (QED) is 0.683. The van der Waals surface area contributed by atoms with Gasteiger partial charge in [0.2, 0.25) is 11.0 Å². The Bertz CT molecular complexity index is 637. The molecule has 0 spiro atoms. The zero-order chi connectivity index (χ0) is 15.5. The van der Waals surface area contributed by atoms with Crippen LogP contribution in [-0.2, 0) is 10.5 Å². The van der Waals surface area contributed by atoms with Gasteiger partial charge < -0.3 is 5.32 Å². The molecule has 1 heterocycles. The van der Waals surface area contributed by atoms with Crippen LogP contribution < -0.4 is 5.32 Å². The van der Waals surface area contributed by atoms with Gasteiger partial charge in [-0.05, 0) is 11.6 Å². The highest BCUT2D eigenvalue weighted by Gasteiger charge is 2.22. The van der Waals surface area contributed by atoms with E-state index in [9.17, 15) is 9.18 Å². The first-order valence-electron chi connectivity index (χ1n) is 6.37. The minimum absolute atomic E-state index is 0.107. The number of amides is 1. The van der Waals surface area contributed by atoms with Crippen LogP contribution in [0, 0.1) is 11.2 Å². The Labute approximate surface area is 131 Å². The number of carbonyl (C=O) groups excluding carboxylic acids is 1. The molecule has 0 aliphatic rings. The van der Waals surface area contributed by atoms with Gasteiger partial charge in [0.25, 0.3) is 0 Å². The van der Waals surface area contributed by atoms with Gasteiger partial charge in [-0.2, -0.15) is 0 Å². The highest BCUT2D eigenvalue weighted by Crippen LogP contribution is 2.29. The van der Waals surface area contributed by atoms with Crippen molar-refractivity contribution in [2.24, 2.45) is 5.41 Å². The summed E-state index contributed by atoms with van der Waals surface area (Å²) in [5.41, 5.74) is 0.143. The Balaban J connectivity index is 1.95. The van der Waals surface area contributed by atoms with Crippen molar-refractivity contribution in [2.45, 2.75) is 30.9 Å².